The van der Waals surface area contributed by atoms with Crippen molar-refractivity contribution in [1.29, 1.82) is 0 Å². The van der Waals surface area contributed by atoms with Crippen LogP contribution in [0.3, 0.4) is 0 Å². The van der Waals surface area contributed by atoms with Gasteiger partial charge in [-0.3, -0.25) is 5.32 Å². The van der Waals surface area contributed by atoms with E-state index in [1.54, 1.807) is 6.92 Å². The van der Waals surface area contributed by atoms with Crippen LogP contribution in [0.5, 0.6) is 5.75 Å². The molecule has 26 heavy (non-hydrogen) atoms. The predicted molar refractivity (Wildman–Crippen MR) is 70.7 cm³/mol. The molecule has 0 heterocycles. The van der Waals surface area contributed by atoms with Gasteiger partial charge in [-0.1, -0.05) is 17.7 Å². The maximum atomic E-state index is 12.8. The lowest BCUT2D eigenvalue weighted by atomic mass is 9.97. The summed E-state index contributed by atoms with van der Waals surface area (Å²) in [5, 5.41) is -0.0682. The van der Waals surface area contributed by atoms with Gasteiger partial charge in [0.25, 0.3) is 0 Å². The molecule has 0 fully saturated rings. The van der Waals surface area contributed by atoms with E-state index in [-0.39, 0.29) is 16.4 Å². The summed E-state index contributed by atoms with van der Waals surface area (Å²) in [5.74, 6) is -0.450. The van der Waals surface area contributed by atoms with Crippen molar-refractivity contribution in [3.63, 3.8) is 0 Å². The maximum absolute atomic E-state index is 12.8. The number of benzene rings is 1. The van der Waals surface area contributed by atoms with Gasteiger partial charge in [-0.25, -0.2) is 4.79 Å². The molecule has 12 heteroatoms. The first-order valence-electron chi connectivity index (χ1n) is 6.72. The van der Waals surface area contributed by atoms with Crippen LogP contribution in [-0.4, -0.2) is 30.2 Å². The van der Waals surface area contributed by atoms with Crippen molar-refractivity contribution in [2.24, 2.45) is 0 Å². The van der Waals surface area contributed by atoms with Crippen LogP contribution in [-0.2, 0) is 0 Å². The zero-order valence-electron chi connectivity index (χ0n) is 13.4. The number of nitrogens with one attached hydrogen (secondary N) is 1. The minimum absolute atomic E-state index is 0.0682. The number of aryl methyl sites for hydroxylation is 3. The molecule has 0 aromatic heterocycles. The molecule has 0 saturated carbocycles. The SMILES string of the molecule is Cc1cc(C)c(OC(=O)NC(C(F)(F)F)(C(F)(F)F)C(F)(F)F)c(C)c1. The van der Waals surface area contributed by atoms with Gasteiger partial charge in [0.15, 0.2) is 0 Å². The lowest BCUT2D eigenvalue weighted by Crippen LogP contribution is -2.75. The Morgan fingerprint density at radius 1 is 0.808 bits per heavy atom. The quantitative estimate of drug-likeness (QED) is 0.703. The van der Waals surface area contributed by atoms with E-state index in [2.05, 4.69) is 4.74 Å². The Morgan fingerprint density at radius 3 is 1.46 bits per heavy atom. The van der Waals surface area contributed by atoms with Crippen LogP contribution in [0.15, 0.2) is 12.1 Å². The van der Waals surface area contributed by atoms with Crippen molar-refractivity contribution in [2.45, 2.75) is 44.8 Å². The normalized spacial score (nSPS) is 13.5. The Hall–Kier alpha value is -2.14. The van der Waals surface area contributed by atoms with E-state index in [0.29, 0.717) is 5.56 Å². The second-order valence-electron chi connectivity index (χ2n) is 5.49. The molecular weight excluding hydrogens is 385 g/mol. The van der Waals surface area contributed by atoms with Crippen LogP contribution in [0.25, 0.3) is 0 Å². The minimum atomic E-state index is -6.92. The molecule has 0 atom stereocenters. The van der Waals surface area contributed by atoms with Gasteiger partial charge in [-0.2, -0.15) is 39.5 Å². The van der Waals surface area contributed by atoms with Crippen molar-refractivity contribution in [3.8, 4) is 5.75 Å². The second kappa shape index (κ2) is 6.54. The Labute approximate surface area is 141 Å². The molecule has 1 aromatic carbocycles. The molecule has 0 radical (unpaired) electrons. The number of carbonyl (C=O) groups is 1. The molecule has 0 bridgehead atoms. The Bertz CT molecular complexity index is 630. The molecule has 0 saturated heterocycles. The zero-order chi connectivity index (χ0) is 20.7. The highest BCUT2D eigenvalue weighted by molar-refractivity contribution is 5.73. The molecule has 1 N–H and O–H groups in total. The largest absolute Gasteiger partial charge is 0.429 e. The lowest BCUT2D eigenvalue weighted by molar-refractivity contribution is -0.386. The van der Waals surface area contributed by atoms with E-state index in [9.17, 15) is 44.3 Å². The summed E-state index contributed by atoms with van der Waals surface area (Å²) in [5.41, 5.74) is -5.58. The average molecular weight is 397 g/mol. The number of carbonyl (C=O) groups excluding carboxylic acids is 1. The van der Waals surface area contributed by atoms with Gasteiger partial charge < -0.3 is 4.74 Å². The van der Waals surface area contributed by atoms with E-state index >= 15 is 0 Å². The number of alkyl halides is 9. The summed E-state index contributed by atoms with van der Waals surface area (Å²) in [6.07, 6.45) is -23.3. The van der Waals surface area contributed by atoms with E-state index < -0.39 is 35.9 Å². The highest BCUT2D eigenvalue weighted by Crippen LogP contribution is 2.52. The molecular formula is C14H12F9NO2. The summed E-state index contributed by atoms with van der Waals surface area (Å²) >= 11 is 0. The summed E-state index contributed by atoms with van der Waals surface area (Å²) in [4.78, 5) is 11.5. The molecule has 1 amide bonds. The van der Waals surface area contributed by atoms with Crippen LogP contribution < -0.4 is 10.1 Å². The standard InChI is InChI=1S/C14H12F9NO2/c1-6-4-7(2)9(8(3)5-6)26-10(25)24-11(12(15,16)17,13(18,19)20)14(21,22)23/h4-5H,1-3H3,(H,24,25). The number of amides is 1. The van der Waals surface area contributed by atoms with Crippen molar-refractivity contribution >= 4 is 6.09 Å². The third kappa shape index (κ3) is 3.83. The Kier molecular flexibility index (Phi) is 5.51. The first-order chi connectivity index (χ1) is 11.4. The maximum Gasteiger partial charge on any atom is 0.429 e. The fraction of sp³-hybridized carbons (Fsp3) is 0.500. The van der Waals surface area contributed by atoms with Crippen molar-refractivity contribution in [3.05, 3.63) is 28.8 Å². The van der Waals surface area contributed by atoms with E-state index in [0.717, 1.165) is 0 Å². The molecule has 0 unspecified atom stereocenters. The van der Waals surface area contributed by atoms with Crippen LogP contribution in [0, 0.1) is 20.8 Å². The molecule has 1 aromatic rings. The molecule has 1 rings (SSSR count). The van der Waals surface area contributed by atoms with Gasteiger partial charge in [0.1, 0.15) is 5.75 Å². The third-order valence-corrected chi connectivity index (χ3v) is 3.36. The molecule has 3 nitrogen and oxygen atoms in total. The van der Waals surface area contributed by atoms with Gasteiger partial charge in [0.2, 0.25) is 0 Å². The Balaban J connectivity index is 3.36. The van der Waals surface area contributed by atoms with Crippen molar-refractivity contribution in [1.82, 2.24) is 5.32 Å². The predicted octanol–water partition coefficient (Wildman–Crippen LogP) is 5.13. The number of rotatable bonds is 2. The highest BCUT2D eigenvalue weighted by atomic mass is 19.4. The van der Waals surface area contributed by atoms with Gasteiger partial charge in [-0.15, -0.1) is 0 Å². The van der Waals surface area contributed by atoms with Gasteiger partial charge in [0.05, 0.1) is 0 Å². The van der Waals surface area contributed by atoms with Crippen LogP contribution in [0.4, 0.5) is 44.3 Å². The van der Waals surface area contributed by atoms with E-state index in [4.69, 9.17) is 0 Å². The number of halogens is 9. The number of ether oxygens (including phenoxy) is 1. The smallest absolute Gasteiger partial charge is 0.410 e. The van der Waals surface area contributed by atoms with Crippen molar-refractivity contribution < 1.29 is 49.0 Å². The summed E-state index contributed by atoms with van der Waals surface area (Å²) < 4.78 is 119. The topological polar surface area (TPSA) is 38.3 Å². The lowest BCUT2D eigenvalue weighted by Gasteiger charge is -2.38. The second-order valence-corrected chi connectivity index (χ2v) is 5.49. The molecule has 0 spiro atoms. The van der Waals surface area contributed by atoms with Crippen LogP contribution in [0.2, 0.25) is 0 Å². The molecule has 0 aliphatic rings. The first kappa shape index (κ1) is 21.9. The summed E-state index contributed by atoms with van der Waals surface area (Å²) in [6.45, 7) is 4.23. The number of hydrogen-bond acceptors (Lipinski definition) is 2. The van der Waals surface area contributed by atoms with Gasteiger partial charge >= 0.3 is 30.2 Å². The van der Waals surface area contributed by atoms with Gasteiger partial charge in [-0.05, 0) is 31.9 Å². The minimum Gasteiger partial charge on any atom is -0.410 e. The summed E-state index contributed by atoms with van der Waals surface area (Å²) in [7, 11) is 0. The zero-order valence-corrected chi connectivity index (χ0v) is 13.4. The van der Waals surface area contributed by atoms with Crippen molar-refractivity contribution in [2.75, 3.05) is 0 Å². The van der Waals surface area contributed by atoms with Gasteiger partial charge in [0, 0.05) is 0 Å². The third-order valence-electron chi connectivity index (χ3n) is 3.36. The molecule has 0 aliphatic carbocycles. The number of hydrogen-bond donors (Lipinski definition) is 1. The highest BCUT2D eigenvalue weighted by Gasteiger charge is 2.85. The van der Waals surface area contributed by atoms with E-state index in [1.807, 2.05) is 0 Å². The van der Waals surface area contributed by atoms with Crippen LogP contribution in [0.1, 0.15) is 16.7 Å². The average Bonchev–Trinajstić information content (AvgIpc) is 2.35. The Morgan fingerprint density at radius 2 is 1.15 bits per heavy atom. The van der Waals surface area contributed by atoms with E-state index in [1.165, 1.54) is 26.0 Å². The molecule has 148 valence electrons. The first-order valence-corrected chi connectivity index (χ1v) is 6.72. The fourth-order valence-corrected chi connectivity index (χ4v) is 2.29. The molecule has 0 aliphatic heterocycles. The fourth-order valence-electron chi connectivity index (χ4n) is 2.29. The van der Waals surface area contributed by atoms with Crippen LogP contribution >= 0.6 is 0 Å². The monoisotopic (exact) mass is 397 g/mol. The summed E-state index contributed by atoms with van der Waals surface area (Å²) in [6, 6.07) is 2.75.